The molecule has 36 heteroatoms. The number of ether oxygens (including phenoxy) is 4. The monoisotopic (exact) mass is 1550 g/mol. The Morgan fingerprint density at radius 2 is 0.745 bits per heavy atom. The van der Waals surface area contributed by atoms with Gasteiger partial charge in [-0.2, -0.15) is 51.9 Å². The fraction of sp³-hybridized carbons (Fsp3) is 0.0968. The van der Waals surface area contributed by atoms with Crippen molar-refractivity contribution < 1.29 is 149 Å². The van der Waals surface area contributed by atoms with Gasteiger partial charge in [-0.25, -0.2) is 44.0 Å². The van der Waals surface area contributed by atoms with E-state index in [9.17, 15) is 38.4 Å². The van der Waals surface area contributed by atoms with Gasteiger partial charge < -0.3 is 81.0 Å². The Bertz CT molecular complexity index is 4620. The summed E-state index contributed by atoms with van der Waals surface area (Å²) in [7, 11) is 3.81. The van der Waals surface area contributed by atoms with Gasteiger partial charge in [-0.1, -0.05) is 60.2 Å². The average molecular weight is 1550 g/mol. The Balaban J connectivity index is 0.000000387. The van der Waals surface area contributed by atoms with Gasteiger partial charge in [0.15, 0.2) is 0 Å². The van der Waals surface area contributed by atoms with Crippen molar-refractivity contribution in [3.63, 3.8) is 0 Å². The summed E-state index contributed by atoms with van der Waals surface area (Å²) in [5.41, 5.74) is 34.9. The van der Waals surface area contributed by atoms with Gasteiger partial charge >= 0.3 is 74.2 Å². The van der Waals surface area contributed by atoms with Crippen LogP contribution in [-0.2, 0) is 124 Å². The zero-order valence-corrected chi connectivity index (χ0v) is 60.1. The third-order valence-corrected chi connectivity index (χ3v) is 15.2. The quantitative estimate of drug-likeness (QED) is 0.0325. The third-order valence-electron chi connectivity index (χ3n) is 12.9. The zero-order valence-electron chi connectivity index (χ0n) is 50.5. The number of fused-ring (bicyclic) bond motifs is 8. The second-order valence-electron chi connectivity index (χ2n) is 18.5. The summed E-state index contributed by atoms with van der Waals surface area (Å²) >= 11 is 0. The standard InChI is InChI=1S/2C27H14F2N4O2P2.4C2H5NO2.4V/c28-27(29)21-9-15(1-5-18-12-30-25(31-18)36-13-34)2-6-19(21)20-7-3-16(10-22(20)27)17-4-8-23-24(11-17)33-26(32-23)37-14-35;28-27(29)20-9-15(1-2-16-4-8-22-23(10-16)32-26(31-22)37-14-35)3-6-18(20)19-7-5-17(11-21(19)27)24-12-30-25(33-24)36-13-34;4*1-5-2(3)4;;;;/h2-4,6-12,36-37H,(H,30,31)(H,32,33);3-12,36-37H,(H,30,33)(H,31,32);4*1H3,(H2,3,4);;;;/q2*-2;;;;;4*+2/p-4. The predicted octanol–water partition coefficient (Wildman–Crippen LogP) is 11.6. The van der Waals surface area contributed by atoms with Gasteiger partial charge in [-0.3, -0.25) is 19.2 Å². The Morgan fingerprint density at radius 3 is 1.19 bits per heavy atom. The topological polar surface area (TPSA) is 383 Å². The molecule has 2 aliphatic rings. The second-order valence-corrected chi connectivity index (χ2v) is 22.2. The van der Waals surface area contributed by atoms with Crippen molar-refractivity contribution in [1.29, 1.82) is 0 Å². The molecule has 6 aromatic carbocycles. The van der Waals surface area contributed by atoms with E-state index < -0.39 is 36.2 Å². The van der Waals surface area contributed by atoms with Gasteiger partial charge in [0.25, 0.3) is 11.8 Å². The summed E-state index contributed by atoms with van der Waals surface area (Å²) in [5.74, 6) is 5.38. The third kappa shape index (κ3) is 21.7. The molecule has 4 radical (unpaired) electrons. The van der Waals surface area contributed by atoms with Gasteiger partial charge in [-0.15, -0.1) is 0 Å². The molecule has 0 bridgehead atoms. The SMILES string of the molecule is COC([NH-])=O.COC([NH-])=O.COC([NH-])=O.COC([NH-])=O.O=[C-]Pc1ncc(-c2ccc3c(c2)C(F)(F)c2cc(C#Cc4ccc5nc(P[C-]=O)[nH]c5c4)ccc2-3)[nH]1.O=[C-]Pc1ncc(C#Cc2ccc3c(c2)C(F)(F)c2cc(-c4ccc5nc(P[C-]=O)[nH]c5c4)ccc2-3)[nH]1.[V+2].[V+2].[V+2].[V+2]. The van der Waals surface area contributed by atoms with Crippen LogP contribution in [0.4, 0.5) is 36.7 Å². The number of nitrogens with zero attached hydrogens (tertiary/aromatic N) is 4. The molecule has 24 nitrogen and oxygen atoms in total. The van der Waals surface area contributed by atoms with E-state index in [0.717, 1.165) is 45.0 Å². The molecule has 4 atom stereocenters. The molecule has 12 rings (SSSR count). The molecule has 492 valence electrons. The number of H-pyrrole nitrogens is 4. The van der Waals surface area contributed by atoms with Crippen LogP contribution in [0.1, 0.15) is 44.6 Å². The molecule has 10 aromatic rings. The number of nitrogens with one attached hydrogen (secondary N) is 8. The van der Waals surface area contributed by atoms with Crippen molar-refractivity contribution in [2.24, 2.45) is 0 Å². The summed E-state index contributed by atoms with van der Waals surface area (Å²) in [4.78, 5) is 108. The van der Waals surface area contributed by atoms with Gasteiger partial charge in [0.05, 0.1) is 90.9 Å². The molecule has 4 heterocycles. The summed E-state index contributed by atoms with van der Waals surface area (Å²) in [6.07, 6.45) is -0.961. The fourth-order valence-corrected chi connectivity index (χ4v) is 10.6. The molecule has 0 aliphatic heterocycles. The van der Waals surface area contributed by atoms with Crippen molar-refractivity contribution in [2.45, 2.75) is 11.8 Å². The van der Waals surface area contributed by atoms with Crippen molar-refractivity contribution in [2.75, 3.05) is 28.4 Å². The summed E-state index contributed by atoms with van der Waals surface area (Å²) < 4.78 is 77.5. The summed E-state index contributed by atoms with van der Waals surface area (Å²) in [6, 6.07) is 37.7. The largest absolute Gasteiger partial charge is 2.00 e. The van der Waals surface area contributed by atoms with E-state index in [1.807, 2.05) is 36.3 Å². The van der Waals surface area contributed by atoms with Crippen LogP contribution in [0.2, 0.25) is 0 Å². The normalized spacial score (nSPS) is 11.7. The number of halogens is 4. The number of benzene rings is 6. The molecule has 8 N–H and O–H groups in total. The second kappa shape index (κ2) is 39.1. The maximum absolute atomic E-state index is 15.6. The van der Waals surface area contributed by atoms with Crippen molar-refractivity contribution in [1.82, 2.24) is 39.9 Å². The van der Waals surface area contributed by atoms with Crippen LogP contribution in [0.5, 0.6) is 0 Å². The number of hydrogen-bond donors (Lipinski definition) is 4. The van der Waals surface area contributed by atoms with Gasteiger partial charge in [0.2, 0.25) is 24.4 Å². The first-order valence-corrected chi connectivity index (χ1v) is 30.2. The van der Waals surface area contributed by atoms with Crippen LogP contribution < -0.4 is 22.3 Å². The number of alkyl halides is 4. The first kappa shape index (κ1) is 83.6. The maximum atomic E-state index is 15.6. The fourth-order valence-electron chi connectivity index (χ4n) is 8.80. The van der Waals surface area contributed by atoms with Crippen LogP contribution in [-0.4, -0.2) is 117 Å². The minimum atomic E-state index is -3.19. The number of carbonyl (C=O) groups is 4. The Kier molecular flexibility index (Phi) is 33.3. The summed E-state index contributed by atoms with van der Waals surface area (Å²) in [5, 5.41) is 0. The number of aromatic nitrogens is 8. The molecule has 4 aromatic heterocycles. The predicted molar refractivity (Wildman–Crippen MR) is 351 cm³/mol. The van der Waals surface area contributed by atoms with E-state index in [2.05, 4.69) is 82.5 Å². The molecule has 0 saturated heterocycles. The molecule has 2 aliphatic carbocycles. The number of hydrogen-bond acceptors (Lipinski definition) is 16. The average Bonchev–Trinajstić information content (AvgIpc) is 1.59. The van der Waals surface area contributed by atoms with Crippen LogP contribution in [0.15, 0.2) is 122 Å². The number of imidazole rings is 4. The van der Waals surface area contributed by atoms with Crippen LogP contribution in [0.25, 0.3) is 89.6 Å². The smallest absolute Gasteiger partial charge is 0.632 e. The minimum absolute atomic E-state index is 0. The van der Waals surface area contributed by atoms with Crippen molar-refractivity contribution in [3.05, 3.63) is 189 Å². The van der Waals surface area contributed by atoms with E-state index in [1.54, 1.807) is 72.7 Å². The number of aromatic amines is 4. The Morgan fingerprint density at radius 1 is 0.418 bits per heavy atom. The molecule has 4 amide bonds. The number of methoxy groups -OCH3 is 4. The summed E-state index contributed by atoms with van der Waals surface area (Å²) in [6.45, 7) is 0. The van der Waals surface area contributed by atoms with Crippen LogP contribution >= 0.6 is 34.3 Å². The Hall–Kier alpha value is -8.66. The molecule has 0 spiro atoms. The van der Waals surface area contributed by atoms with Crippen molar-refractivity contribution in [3.8, 4) is 68.3 Å². The van der Waals surface area contributed by atoms with E-state index in [1.165, 1.54) is 36.7 Å². The first-order chi connectivity index (χ1) is 45.0. The first-order valence-electron chi connectivity index (χ1n) is 26.2. The molecular weight excluding hydrogens is 1510 g/mol. The molecule has 0 saturated carbocycles. The zero-order chi connectivity index (χ0) is 68.3. The van der Waals surface area contributed by atoms with Crippen molar-refractivity contribution >= 4 is 127 Å². The number of rotatable bonds is 10. The van der Waals surface area contributed by atoms with E-state index >= 15 is 17.6 Å². The number of amides is 4. The van der Waals surface area contributed by atoms with Gasteiger partial charge in [0, 0.05) is 44.5 Å². The molecular formula is C62H44F4N12O12P4V4. The molecule has 0 fully saturated rings. The van der Waals surface area contributed by atoms with E-state index in [-0.39, 0.29) is 131 Å². The van der Waals surface area contributed by atoms with Crippen LogP contribution in [0, 0.1) is 23.7 Å². The van der Waals surface area contributed by atoms with Gasteiger partial charge in [-0.05, 0) is 106 Å². The minimum Gasteiger partial charge on any atom is -0.632 e. The van der Waals surface area contributed by atoms with E-state index in [0.29, 0.717) is 94.8 Å². The molecule has 98 heavy (non-hydrogen) atoms. The molecule has 4 unspecified atom stereocenters. The van der Waals surface area contributed by atoms with Gasteiger partial charge in [0.1, 0.15) is 5.69 Å². The van der Waals surface area contributed by atoms with Crippen LogP contribution in [0.3, 0.4) is 0 Å². The van der Waals surface area contributed by atoms with E-state index in [4.69, 9.17) is 22.9 Å². The number of carbonyl (C=O) groups excluding carboxylic acids is 8. The Labute approximate surface area is 609 Å². The maximum Gasteiger partial charge on any atom is 2.00 e.